The molecular weight excluding hydrogens is 192 g/mol. The van der Waals surface area contributed by atoms with Gasteiger partial charge in [-0.05, 0) is 12.5 Å². The van der Waals surface area contributed by atoms with E-state index in [1.165, 1.54) is 0 Å². The Morgan fingerprint density at radius 2 is 1.92 bits per heavy atom. The molecule has 0 spiro atoms. The Kier molecular flexibility index (Phi) is 2.82. The van der Waals surface area contributed by atoms with E-state index in [0.29, 0.717) is 0 Å². The van der Waals surface area contributed by atoms with Crippen molar-refractivity contribution in [1.29, 1.82) is 0 Å². The fraction of sp³-hybridized carbons (Fsp3) is 0.250. The van der Waals surface area contributed by atoms with Gasteiger partial charge in [0.2, 0.25) is 0 Å². The Hall–Kier alpha value is -0.450. The minimum atomic E-state index is -3.06. The first-order chi connectivity index (χ1) is 5.47. The normalized spacial score (nSPS) is 15.5. The van der Waals surface area contributed by atoms with Crippen molar-refractivity contribution in [2.24, 2.45) is 0 Å². The third-order valence-corrected chi connectivity index (χ3v) is 2.52. The van der Waals surface area contributed by atoms with Gasteiger partial charge in [-0.3, -0.25) is 0 Å². The van der Waals surface area contributed by atoms with Crippen molar-refractivity contribution < 1.29 is 8.76 Å². The Morgan fingerprint density at radius 1 is 1.42 bits per heavy atom. The highest BCUT2D eigenvalue weighted by molar-refractivity contribution is 8.29. The summed E-state index contributed by atoms with van der Waals surface area (Å²) in [6.45, 7) is 1.97. The molecule has 0 bridgehead atoms. The molecule has 0 aliphatic heterocycles. The van der Waals surface area contributed by atoms with Gasteiger partial charge in [0.25, 0.3) is 0 Å². The van der Waals surface area contributed by atoms with Crippen LogP contribution in [0.15, 0.2) is 24.3 Å². The van der Waals surface area contributed by atoms with Crippen LogP contribution in [0.2, 0.25) is 0 Å². The second-order valence-electron chi connectivity index (χ2n) is 2.71. The summed E-state index contributed by atoms with van der Waals surface area (Å²) in [6.07, 6.45) is 0. The Morgan fingerprint density at radius 3 is 2.33 bits per heavy atom. The van der Waals surface area contributed by atoms with E-state index in [2.05, 4.69) is 11.2 Å². The fourth-order valence-electron chi connectivity index (χ4n) is 0.895. The predicted molar refractivity (Wildman–Crippen MR) is 53.0 cm³/mol. The molecule has 0 aliphatic rings. The highest BCUT2D eigenvalue weighted by Gasteiger charge is 2.01. The summed E-state index contributed by atoms with van der Waals surface area (Å²) in [4.78, 5) is 0. The maximum Gasteiger partial charge on any atom is 0.145 e. The van der Waals surface area contributed by atoms with Crippen molar-refractivity contribution >= 4 is 20.0 Å². The first-order valence-electron chi connectivity index (χ1n) is 3.48. The van der Waals surface area contributed by atoms with E-state index >= 15 is 0 Å². The van der Waals surface area contributed by atoms with Crippen LogP contribution in [-0.4, -0.2) is 8.76 Å². The summed E-state index contributed by atoms with van der Waals surface area (Å²) in [5.74, 6) is 0.0581. The lowest BCUT2D eigenvalue weighted by Crippen LogP contribution is -1.99. The molecule has 1 unspecified atom stereocenters. The van der Waals surface area contributed by atoms with Crippen LogP contribution in [-0.2, 0) is 25.7 Å². The molecule has 1 rings (SSSR count). The molecule has 1 N–H and O–H groups in total. The van der Waals surface area contributed by atoms with Crippen LogP contribution in [0, 0.1) is 6.92 Å². The van der Waals surface area contributed by atoms with E-state index in [1.807, 2.05) is 31.2 Å². The van der Waals surface area contributed by atoms with Gasteiger partial charge in [0.15, 0.2) is 0 Å². The van der Waals surface area contributed by atoms with Gasteiger partial charge in [0.05, 0.1) is 5.75 Å². The summed E-state index contributed by atoms with van der Waals surface area (Å²) in [6, 6.07) is 7.43. The van der Waals surface area contributed by atoms with E-state index in [1.54, 1.807) is 0 Å². The zero-order valence-electron chi connectivity index (χ0n) is 6.69. The van der Waals surface area contributed by atoms with Crippen LogP contribution in [0.25, 0.3) is 0 Å². The zero-order chi connectivity index (χ0) is 9.19. The molecule has 1 atom stereocenters. The maximum atomic E-state index is 10.8. The molecule has 0 saturated carbocycles. The summed E-state index contributed by atoms with van der Waals surface area (Å²) in [5, 5.41) is 0. The number of benzene rings is 1. The number of hydrogen-bond acceptors (Lipinski definition) is 2. The van der Waals surface area contributed by atoms with Crippen molar-refractivity contribution in [2.75, 3.05) is 0 Å². The summed E-state index contributed by atoms with van der Waals surface area (Å²) in [5.41, 5.74) is 1.94. The molecule has 66 valence electrons. The number of rotatable bonds is 2. The lowest BCUT2D eigenvalue weighted by molar-refractivity contribution is 0.561. The first kappa shape index (κ1) is 9.64. The molecule has 0 heterocycles. The van der Waals surface area contributed by atoms with Crippen LogP contribution in [0.1, 0.15) is 11.1 Å². The van der Waals surface area contributed by atoms with E-state index in [0.717, 1.165) is 11.1 Å². The smallest absolute Gasteiger partial charge is 0.145 e. The third kappa shape index (κ3) is 3.30. The second kappa shape index (κ2) is 3.51. The van der Waals surface area contributed by atoms with Crippen molar-refractivity contribution in [3.63, 3.8) is 0 Å². The monoisotopic (exact) mass is 202 g/mol. The van der Waals surface area contributed by atoms with Crippen LogP contribution < -0.4 is 0 Å². The standard InChI is InChI=1S/C8H10O2S2/c1-7-2-4-8(5-3-7)6-12(9,10)11/h2-5H,6H2,1H3,(H,9,10,11). The van der Waals surface area contributed by atoms with Gasteiger partial charge in [0, 0.05) is 11.2 Å². The van der Waals surface area contributed by atoms with Crippen molar-refractivity contribution in [2.45, 2.75) is 12.7 Å². The van der Waals surface area contributed by atoms with E-state index in [4.69, 9.17) is 4.55 Å². The Labute approximate surface area is 77.1 Å². The second-order valence-corrected chi connectivity index (χ2v) is 5.73. The molecule has 0 saturated heterocycles. The summed E-state index contributed by atoms with van der Waals surface area (Å²) in [7, 11) is -3.06. The molecule has 1 aromatic rings. The average molecular weight is 202 g/mol. The Balaban J connectivity index is 2.85. The average Bonchev–Trinajstić information content (AvgIpc) is 1.91. The largest absolute Gasteiger partial charge is 0.305 e. The quantitative estimate of drug-likeness (QED) is 0.793. The van der Waals surface area contributed by atoms with Gasteiger partial charge in [0.1, 0.15) is 8.77 Å². The predicted octanol–water partition coefficient (Wildman–Crippen LogP) is 1.71. The highest BCUT2D eigenvalue weighted by Crippen LogP contribution is 2.06. The van der Waals surface area contributed by atoms with Crippen molar-refractivity contribution in [3.05, 3.63) is 35.4 Å². The van der Waals surface area contributed by atoms with Crippen molar-refractivity contribution in [1.82, 2.24) is 0 Å². The van der Waals surface area contributed by atoms with E-state index in [9.17, 15) is 4.21 Å². The highest BCUT2D eigenvalue weighted by atomic mass is 32.8. The molecule has 1 aromatic carbocycles. The molecule has 0 fully saturated rings. The number of hydrogen-bond donors (Lipinski definition) is 1. The SMILES string of the molecule is Cc1ccc(CS(=O)(O)=S)cc1. The van der Waals surface area contributed by atoms with E-state index in [-0.39, 0.29) is 5.75 Å². The molecule has 4 heteroatoms. The topological polar surface area (TPSA) is 37.3 Å². The van der Waals surface area contributed by atoms with Crippen LogP contribution in [0.5, 0.6) is 0 Å². The first-order valence-corrected chi connectivity index (χ1v) is 6.09. The van der Waals surface area contributed by atoms with Crippen LogP contribution >= 0.6 is 0 Å². The molecule has 0 aromatic heterocycles. The molecule has 0 radical (unpaired) electrons. The van der Waals surface area contributed by atoms with Gasteiger partial charge in [-0.2, -0.15) is 0 Å². The lowest BCUT2D eigenvalue weighted by atomic mass is 10.2. The fourth-order valence-corrected chi connectivity index (χ4v) is 1.92. The van der Waals surface area contributed by atoms with Crippen LogP contribution in [0.3, 0.4) is 0 Å². The van der Waals surface area contributed by atoms with Gasteiger partial charge < -0.3 is 4.55 Å². The van der Waals surface area contributed by atoms with Gasteiger partial charge in [-0.25, -0.2) is 4.21 Å². The molecular formula is C8H10O2S2. The number of aryl methyl sites for hydroxylation is 1. The van der Waals surface area contributed by atoms with Gasteiger partial charge in [-0.1, -0.05) is 29.8 Å². The minimum Gasteiger partial charge on any atom is -0.305 e. The zero-order valence-corrected chi connectivity index (χ0v) is 8.32. The Bertz CT molecular complexity index is 351. The third-order valence-electron chi connectivity index (χ3n) is 1.47. The van der Waals surface area contributed by atoms with Crippen LogP contribution in [0.4, 0.5) is 0 Å². The summed E-state index contributed by atoms with van der Waals surface area (Å²) < 4.78 is 19.7. The lowest BCUT2D eigenvalue weighted by Gasteiger charge is -1.99. The summed E-state index contributed by atoms with van der Waals surface area (Å²) >= 11 is 4.38. The molecule has 2 nitrogen and oxygen atoms in total. The van der Waals surface area contributed by atoms with Gasteiger partial charge >= 0.3 is 0 Å². The van der Waals surface area contributed by atoms with Crippen molar-refractivity contribution in [3.8, 4) is 0 Å². The molecule has 0 amide bonds. The van der Waals surface area contributed by atoms with Gasteiger partial charge in [-0.15, -0.1) is 0 Å². The minimum absolute atomic E-state index is 0.0581. The van der Waals surface area contributed by atoms with E-state index < -0.39 is 8.77 Å². The molecule has 0 aliphatic carbocycles. The maximum absolute atomic E-state index is 10.8. The molecule has 12 heavy (non-hydrogen) atoms.